The fourth-order valence-electron chi connectivity index (χ4n) is 3.70. The van der Waals surface area contributed by atoms with Crippen LogP contribution >= 0.6 is 0 Å². The highest BCUT2D eigenvalue weighted by molar-refractivity contribution is 7.92. The molecule has 2 aliphatic rings. The molecule has 3 heterocycles. The van der Waals surface area contributed by atoms with Crippen molar-refractivity contribution in [1.82, 2.24) is 14.7 Å². The third kappa shape index (κ3) is 4.01. The number of ether oxygens (including phenoxy) is 2. The number of likely N-dealkylation sites (tertiary alicyclic amines) is 1. The Hall–Kier alpha value is -2.60. The van der Waals surface area contributed by atoms with E-state index in [1.54, 1.807) is 0 Å². The molecule has 2 saturated heterocycles. The summed E-state index contributed by atoms with van der Waals surface area (Å²) in [6.07, 6.45) is 2.09. The lowest BCUT2D eigenvalue weighted by molar-refractivity contribution is -0.121. The highest BCUT2D eigenvalue weighted by Gasteiger charge is 2.54. The van der Waals surface area contributed by atoms with Crippen molar-refractivity contribution in [1.29, 1.82) is 0 Å². The van der Waals surface area contributed by atoms with E-state index in [1.165, 1.54) is 33.8 Å². The number of alkyl halides is 2. The minimum Gasteiger partial charge on any atom is -0.434 e. The van der Waals surface area contributed by atoms with E-state index in [9.17, 15) is 26.4 Å². The van der Waals surface area contributed by atoms with E-state index in [4.69, 9.17) is 4.74 Å². The Morgan fingerprint density at radius 1 is 1.33 bits per heavy atom. The molecule has 12 heteroatoms. The summed E-state index contributed by atoms with van der Waals surface area (Å²) >= 11 is 0. The molecule has 2 fully saturated rings. The van der Waals surface area contributed by atoms with Gasteiger partial charge in [0.15, 0.2) is 15.7 Å². The van der Waals surface area contributed by atoms with Gasteiger partial charge in [-0.3, -0.25) is 9.48 Å². The Balaban J connectivity index is 1.41. The van der Waals surface area contributed by atoms with Crippen molar-refractivity contribution in [2.24, 2.45) is 0 Å². The zero-order valence-corrected chi connectivity index (χ0v) is 16.4. The van der Waals surface area contributed by atoms with Crippen molar-refractivity contribution in [2.75, 3.05) is 25.4 Å². The molecule has 1 atom stereocenters. The van der Waals surface area contributed by atoms with Crippen LogP contribution in [-0.2, 0) is 21.1 Å². The van der Waals surface area contributed by atoms with Crippen LogP contribution in [0.3, 0.4) is 0 Å². The number of benzene rings is 1. The second-order valence-corrected chi connectivity index (χ2v) is 9.62. The van der Waals surface area contributed by atoms with Gasteiger partial charge in [0, 0.05) is 0 Å². The van der Waals surface area contributed by atoms with Crippen LogP contribution in [0, 0.1) is 5.82 Å². The van der Waals surface area contributed by atoms with Gasteiger partial charge in [-0.25, -0.2) is 12.8 Å². The molecule has 0 aliphatic carbocycles. The second kappa shape index (κ2) is 7.58. The van der Waals surface area contributed by atoms with E-state index >= 15 is 0 Å². The van der Waals surface area contributed by atoms with Gasteiger partial charge in [0.1, 0.15) is 16.6 Å². The zero-order chi connectivity index (χ0) is 21.5. The van der Waals surface area contributed by atoms with Crippen LogP contribution in [0.2, 0.25) is 0 Å². The van der Waals surface area contributed by atoms with Gasteiger partial charge in [0.25, 0.3) is 5.91 Å². The zero-order valence-electron chi connectivity index (χ0n) is 15.6. The molecule has 2 aliphatic heterocycles. The number of carbonyl (C=O) groups is 1. The first-order valence-corrected chi connectivity index (χ1v) is 10.8. The average Bonchev–Trinajstić information content (AvgIpc) is 3.05. The number of halogens is 3. The molecule has 1 aromatic heterocycles. The number of aromatic nitrogens is 2. The summed E-state index contributed by atoms with van der Waals surface area (Å²) in [5.41, 5.74) is -1.08. The fourth-order valence-corrected chi connectivity index (χ4v) is 5.59. The lowest BCUT2D eigenvalue weighted by Gasteiger charge is -2.52. The van der Waals surface area contributed by atoms with Gasteiger partial charge in [-0.1, -0.05) is 12.1 Å². The average molecular weight is 445 g/mol. The smallest absolute Gasteiger partial charge is 0.387 e. The molecule has 1 spiro atoms. The van der Waals surface area contributed by atoms with Gasteiger partial charge < -0.3 is 14.4 Å². The van der Waals surface area contributed by atoms with Crippen LogP contribution in [0.25, 0.3) is 0 Å². The van der Waals surface area contributed by atoms with Gasteiger partial charge in [-0.2, -0.15) is 13.9 Å². The standard InChI is InChI=1S/C18H18F3N3O5S/c19-12-5-22-24(6-12)7-13-8-28-18(11-30(13,26)27)9-23(10-18)16(25)14-3-1-2-4-15(14)29-17(20)21/h1-6,13,17H,7-11H2/t13-/m0/s1. The number of rotatable bonds is 5. The molecule has 0 unspecified atom stereocenters. The number of carbonyl (C=O) groups excluding carboxylic acids is 1. The number of hydrogen-bond donors (Lipinski definition) is 0. The number of nitrogens with zero attached hydrogens (tertiary/aromatic N) is 3. The van der Waals surface area contributed by atoms with Gasteiger partial charge in [0.05, 0.1) is 50.0 Å². The molecule has 0 bridgehead atoms. The highest BCUT2D eigenvalue weighted by Crippen LogP contribution is 2.35. The Labute approximate surface area is 170 Å². The van der Waals surface area contributed by atoms with Crippen LogP contribution < -0.4 is 4.74 Å². The van der Waals surface area contributed by atoms with Crippen LogP contribution in [0.1, 0.15) is 10.4 Å². The molecular formula is C18H18F3N3O5S. The van der Waals surface area contributed by atoms with Crippen molar-refractivity contribution in [3.63, 3.8) is 0 Å². The van der Waals surface area contributed by atoms with Gasteiger partial charge in [-0.15, -0.1) is 0 Å². The third-order valence-corrected chi connectivity index (χ3v) is 7.35. The van der Waals surface area contributed by atoms with Crippen molar-refractivity contribution in [3.05, 3.63) is 48.0 Å². The third-order valence-electron chi connectivity index (χ3n) is 5.12. The topological polar surface area (TPSA) is 90.7 Å². The second-order valence-electron chi connectivity index (χ2n) is 7.34. The molecule has 8 nitrogen and oxygen atoms in total. The van der Waals surface area contributed by atoms with E-state index < -0.39 is 39.0 Å². The van der Waals surface area contributed by atoms with E-state index in [1.807, 2.05) is 0 Å². The monoisotopic (exact) mass is 445 g/mol. The van der Waals surface area contributed by atoms with Gasteiger partial charge >= 0.3 is 6.61 Å². The highest BCUT2D eigenvalue weighted by atomic mass is 32.2. The van der Waals surface area contributed by atoms with Crippen LogP contribution in [-0.4, -0.2) is 71.9 Å². The predicted octanol–water partition coefficient (Wildman–Crippen LogP) is 1.33. The Bertz CT molecular complexity index is 1050. The quantitative estimate of drug-likeness (QED) is 0.690. The largest absolute Gasteiger partial charge is 0.434 e. The molecule has 30 heavy (non-hydrogen) atoms. The van der Waals surface area contributed by atoms with Gasteiger partial charge in [-0.05, 0) is 12.1 Å². The number of para-hydroxylation sites is 1. The maximum absolute atomic E-state index is 13.1. The minimum absolute atomic E-state index is 0.0111. The van der Waals surface area contributed by atoms with E-state index in [0.717, 1.165) is 12.4 Å². The van der Waals surface area contributed by atoms with Crippen LogP contribution in [0.15, 0.2) is 36.7 Å². The first-order chi connectivity index (χ1) is 14.2. The predicted molar refractivity (Wildman–Crippen MR) is 97.4 cm³/mol. The molecule has 0 saturated carbocycles. The molecule has 4 rings (SSSR count). The van der Waals surface area contributed by atoms with Crippen LogP contribution in [0.4, 0.5) is 13.2 Å². The van der Waals surface area contributed by atoms with Crippen molar-refractivity contribution in [2.45, 2.75) is 24.0 Å². The van der Waals surface area contributed by atoms with Crippen molar-refractivity contribution in [3.8, 4) is 5.75 Å². The number of amides is 1. The molecule has 2 aromatic rings. The van der Waals surface area contributed by atoms with E-state index in [2.05, 4.69) is 9.84 Å². The molecule has 1 aromatic carbocycles. The first-order valence-electron chi connectivity index (χ1n) is 9.04. The van der Waals surface area contributed by atoms with Gasteiger partial charge in [0.2, 0.25) is 0 Å². The number of sulfone groups is 1. The molecule has 1 amide bonds. The summed E-state index contributed by atoms with van der Waals surface area (Å²) in [7, 11) is -3.59. The summed E-state index contributed by atoms with van der Waals surface area (Å²) in [5.74, 6) is -1.66. The minimum atomic E-state index is -3.59. The SMILES string of the molecule is O=C(c1ccccc1OC(F)F)N1CC2(C1)CS(=O)(=O)[C@@H](Cn1cc(F)cn1)CO2. The summed E-state index contributed by atoms with van der Waals surface area (Å²) in [4.78, 5) is 14.0. The van der Waals surface area contributed by atoms with E-state index in [0.29, 0.717) is 0 Å². The molecular weight excluding hydrogens is 427 g/mol. The molecule has 0 N–H and O–H groups in total. The fraction of sp³-hybridized carbons (Fsp3) is 0.444. The summed E-state index contributed by atoms with van der Waals surface area (Å²) in [5, 5.41) is 2.86. The number of hydrogen-bond acceptors (Lipinski definition) is 6. The summed E-state index contributed by atoms with van der Waals surface area (Å²) in [6, 6.07) is 5.61. The molecule has 0 radical (unpaired) electrons. The Morgan fingerprint density at radius 3 is 2.70 bits per heavy atom. The Kier molecular flexibility index (Phi) is 5.22. The van der Waals surface area contributed by atoms with Crippen molar-refractivity contribution >= 4 is 15.7 Å². The first kappa shape index (κ1) is 20.7. The normalized spacial score (nSPS) is 22.1. The van der Waals surface area contributed by atoms with Crippen LogP contribution in [0.5, 0.6) is 5.75 Å². The lowest BCUT2D eigenvalue weighted by Crippen LogP contribution is -2.70. The van der Waals surface area contributed by atoms with Crippen molar-refractivity contribution < 1.29 is 35.9 Å². The summed E-state index contributed by atoms with van der Waals surface area (Å²) in [6.45, 7) is -3.21. The maximum atomic E-state index is 13.1. The Morgan fingerprint density at radius 2 is 2.07 bits per heavy atom. The molecule has 162 valence electrons. The maximum Gasteiger partial charge on any atom is 0.387 e. The summed E-state index contributed by atoms with van der Waals surface area (Å²) < 4.78 is 75.0. The lowest BCUT2D eigenvalue weighted by atomic mass is 9.94. The van der Waals surface area contributed by atoms with E-state index in [-0.39, 0.29) is 43.3 Å².